The molecule has 0 aromatic heterocycles. The van der Waals surface area contributed by atoms with Gasteiger partial charge in [-0.25, -0.2) is 5.43 Å². The van der Waals surface area contributed by atoms with Crippen molar-refractivity contribution in [3.8, 4) is 17.2 Å². The maximum Gasteiger partial charge on any atom is 0.259 e. The summed E-state index contributed by atoms with van der Waals surface area (Å²) in [5.41, 5.74) is 4.27. The first-order chi connectivity index (χ1) is 14.1. The third kappa shape index (κ3) is 6.24. The van der Waals surface area contributed by atoms with Crippen LogP contribution >= 0.6 is 0 Å². The molecule has 0 spiro atoms. The molecule has 0 unspecified atom stereocenters. The lowest BCUT2D eigenvalue weighted by Crippen LogP contribution is -2.34. The lowest BCUT2D eigenvalue weighted by Gasteiger charge is -2.05. The highest BCUT2D eigenvalue weighted by atomic mass is 16.7. The van der Waals surface area contributed by atoms with Gasteiger partial charge in [0.25, 0.3) is 5.91 Å². The number of methoxy groups -OCH3 is 1. The van der Waals surface area contributed by atoms with E-state index in [-0.39, 0.29) is 19.2 Å². The smallest absolute Gasteiger partial charge is 0.259 e. The van der Waals surface area contributed by atoms with Crippen LogP contribution in [0.15, 0.2) is 47.6 Å². The Labute approximate surface area is 168 Å². The van der Waals surface area contributed by atoms with Crippen molar-refractivity contribution >= 4 is 18.0 Å². The van der Waals surface area contributed by atoms with Gasteiger partial charge in [-0.15, -0.1) is 0 Å². The molecule has 0 fully saturated rings. The van der Waals surface area contributed by atoms with E-state index in [0.29, 0.717) is 24.3 Å². The van der Waals surface area contributed by atoms with Crippen molar-refractivity contribution < 1.29 is 23.8 Å². The summed E-state index contributed by atoms with van der Waals surface area (Å²) in [7, 11) is 1.62. The molecule has 1 aliphatic rings. The number of carbonyl (C=O) groups excluding carboxylic acids is 2. The number of hydrogen-bond donors (Lipinski definition) is 2. The molecule has 29 heavy (non-hydrogen) atoms. The maximum absolute atomic E-state index is 11.9. The van der Waals surface area contributed by atoms with E-state index in [2.05, 4.69) is 15.8 Å². The molecule has 152 valence electrons. The number of fused-ring (bicyclic) bond motifs is 1. The summed E-state index contributed by atoms with van der Waals surface area (Å²) in [6.45, 7) is 0.0757. The van der Waals surface area contributed by atoms with Gasteiger partial charge in [0, 0.05) is 6.42 Å². The van der Waals surface area contributed by atoms with Crippen LogP contribution in [0.3, 0.4) is 0 Å². The van der Waals surface area contributed by atoms with Crippen molar-refractivity contribution in [2.45, 2.75) is 19.3 Å². The average Bonchev–Trinajstić information content (AvgIpc) is 3.21. The molecule has 3 rings (SSSR count). The molecule has 2 aromatic carbocycles. The van der Waals surface area contributed by atoms with Crippen LogP contribution in [-0.4, -0.2) is 38.5 Å². The van der Waals surface area contributed by atoms with E-state index in [4.69, 9.17) is 14.2 Å². The van der Waals surface area contributed by atoms with Crippen LogP contribution < -0.4 is 25.0 Å². The van der Waals surface area contributed by atoms with Gasteiger partial charge in [-0.2, -0.15) is 5.10 Å². The van der Waals surface area contributed by atoms with Gasteiger partial charge in [-0.05, 0) is 54.3 Å². The standard InChI is InChI=1S/C21H23N3O5/c1-27-17-8-5-15(6-9-17)3-2-4-20(25)22-13-21(26)24-23-12-16-7-10-18-19(11-16)29-14-28-18/h5-12H,2-4,13-14H2,1H3,(H,22,25)(H,24,26)/b23-12-. The molecule has 8 heteroatoms. The Balaban J connectivity index is 1.31. The Morgan fingerprint density at radius 1 is 1.10 bits per heavy atom. The molecule has 1 aliphatic heterocycles. The van der Waals surface area contributed by atoms with E-state index in [0.717, 1.165) is 23.3 Å². The average molecular weight is 397 g/mol. The van der Waals surface area contributed by atoms with Crippen LogP contribution in [0.4, 0.5) is 0 Å². The normalized spacial score (nSPS) is 12.0. The third-order valence-corrected chi connectivity index (χ3v) is 4.27. The van der Waals surface area contributed by atoms with Crippen LogP contribution in [0.5, 0.6) is 17.2 Å². The van der Waals surface area contributed by atoms with Crippen molar-refractivity contribution in [3.63, 3.8) is 0 Å². The zero-order chi connectivity index (χ0) is 20.5. The molecule has 8 nitrogen and oxygen atoms in total. The van der Waals surface area contributed by atoms with Gasteiger partial charge in [0.2, 0.25) is 12.7 Å². The van der Waals surface area contributed by atoms with Crippen molar-refractivity contribution in [3.05, 3.63) is 53.6 Å². The third-order valence-electron chi connectivity index (χ3n) is 4.27. The Bertz CT molecular complexity index is 880. The van der Waals surface area contributed by atoms with Crippen LogP contribution in [0.2, 0.25) is 0 Å². The Hall–Kier alpha value is -3.55. The van der Waals surface area contributed by atoms with E-state index in [1.807, 2.05) is 24.3 Å². The monoisotopic (exact) mass is 397 g/mol. The summed E-state index contributed by atoms with van der Waals surface area (Å²) in [4.78, 5) is 23.7. The molecule has 2 N–H and O–H groups in total. The first-order valence-electron chi connectivity index (χ1n) is 9.25. The van der Waals surface area contributed by atoms with Gasteiger partial charge in [-0.3, -0.25) is 9.59 Å². The van der Waals surface area contributed by atoms with Crippen molar-refractivity contribution in [2.24, 2.45) is 5.10 Å². The topological polar surface area (TPSA) is 98.2 Å². The summed E-state index contributed by atoms with van der Waals surface area (Å²) < 4.78 is 15.6. The van der Waals surface area contributed by atoms with E-state index in [1.165, 1.54) is 6.21 Å². The number of ether oxygens (including phenoxy) is 3. The van der Waals surface area contributed by atoms with Crippen LogP contribution in [0.25, 0.3) is 0 Å². The van der Waals surface area contributed by atoms with Gasteiger partial charge < -0.3 is 19.5 Å². The molecule has 2 amide bonds. The number of hydrazone groups is 1. The molecule has 0 radical (unpaired) electrons. The van der Waals surface area contributed by atoms with Crippen molar-refractivity contribution in [1.82, 2.24) is 10.7 Å². The molecule has 2 aromatic rings. The maximum atomic E-state index is 11.9. The Kier molecular flexibility index (Phi) is 7.05. The first-order valence-corrected chi connectivity index (χ1v) is 9.25. The summed E-state index contributed by atoms with van der Waals surface area (Å²) >= 11 is 0. The summed E-state index contributed by atoms with van der Waals surface area (Å²) in [6, 6.07) is 13.1. The fourth-order valence-corrected chi connectivity index (χ4v) is 2.72. The van der Waals surface area contributed by atoms with Gasteiger partial charge in [0.15, 0.2) is 11.5 Å². The molecule has 0 bridgehead atoms. The predicted molar refractivity (Wildman–Crippen MR) is 107 cm³/mol. The van der Waals surface area contributed by atoms with E-state index in [1.54, 1.807) is 25.3 Å². The number of nitrogens with one attached hydrogen (secondary N) is 2. The second-order valence-corrected chi connectivity index (χ2v) is 6.38. The number of nitrogens with zero attached hydrogens (tertiary/aromatic N) is 1. The lowest BCUT2D eigenvalue weighted by molar-refractivity contribution is -0.126. The second-order valence-electron chi connectivity index (χ2n) is 6.38. The molecular formula is C21H23N3O5. The van der Waals surface area contributed by atoms with Crippen LogP contribution in [0.1, 0.15) is 24.0 Å². The number of amides is 2. The van der Waals surface area contributed by atoms with Crippen molar-refractivity contribution in [1.29, 1.82) is 0 Å². The highest BCUT2D eigenvalue weighted by molar-refractivity contribution is 5.86. The lowest BCUT2D eigenvalue weighted by atomic mass is 10.1. The largest absolute Gasteiger partial charge is 0.497 e. The van der Waals surface area contributed by atoms with Crippen LogP contribution in [0, 0.1) is 0 Å². The van der Waals surface area contributed by atoms with Gasteiger partial charge in [0.05, 0.1) is 19.9 Å². The SMILES string of the molecule is COc1ccc(CCCC(=O)NCC(=O)N/N=C\c2ccc3c(c2)OCO3)cc1. The van der Waals surface area contributed by atoms with Gasteiger partial charge >= 0.3 is 0 Å². The molecular weight excluding hydrogens is 374 g/mol. The quantitative estimate of drug-likeness (QED) is 0.498. The summed E-state index contributed by atoms with van der Waals surface area (Å²) in [5.74, 6) is 1.56. The molecule has 0 aliphatic carbocycles. The van der Waals surface area contributed by atoms with Gasteiger partial charge in [-0.1, -0.05) is 12.1 Å². The van der Waals surface area contributed by atoms with Crippen LogP contribution in [-0.2, 0) is 16.0 Å². The van der Waals surface area contributed by atoms with Gasteiger partial charge in [0.1, 0.15) is 5.75 Å². The minimum Gasteiger partial charge on any atom is -0.497 e. The minimum atomic E-state index is -0.398. The molecule has 0 atom stereocenters. The Morgan fingerprint density at radius 2 is 1.90 bits per heavy atom. The Morgan fingerprint density at radius 3 is 2.69 bits per heavy atom. The van der Waals surface area contributed by atoms with E-state index < -0.39 is 5.91 Å². The fraction of sp³-hybridized carbons (Fsp3) is 0.286. The number of benzene rings is 2. The summed E-state index contributed by atoms with van der Waals surface area (Å²) in [5, 5.41) is 6.47. The van der Waals surface area contributed by atoms with E-state index >= 15 is 0 Å². The fourth-order valence-electron chi connectivity index (χ4n) is 2.72. The first kappa shape index (κ1) is 20.2. The number of rotatable bonds is 9. The highest BCUT2D eigenvalue weighted by Crippen LogP contribution is 2.31. The number of carbonyl (C=O) groups is 2. The predicted octanol–water partition coefficient (Wildman–Crippen LogP) is 2.01. The zero-order valence-electron chi connectivity index (χ0n) is 16.1. The zero-order valence-corrected chi connectivity index (χ0v) is 16.1. The molecule has 0 saturated heterocycles. The summed E-state index contributed by atoms with van der Waals surface area (Å²) in [6.07, 6.45) is 3.32. The molecule has 0 saturated carbocycles. The number of hydrogen-bond acceptors (Lipinski definition) is 6. The van der Waals surface area contributed by atoms with Crippen molar-refractivity contribution in [2.75, 3.05) is 20.4 Å². The molecule has 1 heterocycles. The second kappa shape index (κ2) is 10.1. The number of aryl methyl sites for hydroxylation is 1. The minimum absolute atomic E-state index is 0.125. The highest BCUT2D eigenvalue weighted by Gasteiger charge is 2.12. The van der Waals surface area contributed by atoms with E-state index in [9.17, 15) is 9.59 Å².